The third-order valence-electron chi connectivity index (χ3n) is 9.43. The van der Waals surface area contributed by atoms with E-state index in [0.29, 0.717) is 5.56 Å². The molecule has 1 aromatic heterocycles. The molecule has 0 N–H and O–H groups in total. The molecule has 9 aromatic carbocycles. The van der Waals surface area contributed by atoms with Crippen LogP contribution in [-0.2, 0) is 6.42 Å². The van der Waals surface area contributed by atoms with Crippen molar-refractivity contribution in [1.82, 2.24) is 0 Å². The molecule has 50 heavy (non-hydrogen) atoms. The molecule has 0 aliphatic rings. The summed E-state index contributed by atoms with van der Waals surface area (Å²) in [5.41, 5.74) is 5.91. The SMILES string of the molecule is [2H]c1c([2H])c([2H])c(Cc2c3c([2H])c([2H])c([2H])c([2H])c3c(-c3ccc4cc(-c5ccc6c(c5)oc5cccc(-c7ccccc7)c56)ccc4c3)c3c([2H])c([2H])c([2H])c([2H])c23)c([2H])c1[2H]. The molecule has 1 heterocycles. The van der Waals surface area contributed by atoms with Gasteiger partial charge in [0.25, 0.3) is 0 Å². The zero-order valence-corrected chi connectivity index (χ0v) is 26.4. The second-order valence-electron chi connectivity index (χ2n) is 12.3. The zero-order chi connectivity index (χ0) is 44.3. The molecule has 0 spiro atoms. The molecule has 0 aliphatic carbocycles. The van der Waals surface area contributed by atoms with Gasteiger partial charge < -0.3 is 4.42 Å². The third kappa shape index (κ3) is 4.70. The molecule has 0 bridgehead atoms. The molecule has 0 aliphatic heterocycles. The number of rotatable bonds is 5. The lowest BCUT2D eigenvalue weighted by Gasteiger charge is -2.18. The van der Waals surface area contributed by atoms with Crippen LogP contribution in [0.15, 0.2) is 186 Å². The molecule has 0 saturated carbocycles. The van der Waals surface area contributed by atoms with Gasteiger partial charge in [0.05, 0.1) is 17.8 Å². The molecule has 0 atom stereocenters. The van der Waals surface area contributed by atoms with Crippen molar-refractivity contribution in [2.75, 3.05) is 0 Å². The molecule has 0 saturated heterocycles. The molecular formula is C49H32O. The van der Waals surface area contributed by atoms with E-state index < -0.39 is 85.0 Å². The summed E-state index contributed by atoms with van der Waals surface area (Å²) < 4.78 is 120. The summed E-state index contributed by atoms with van der Waals surface area (Å²) in [6.07, 6.45) is -0.484. The van der Waals surface area contributed by atoms with Gasteiger partial charge in [-0.25, -0.2) is 0 Å². The Morgan fingerprint density at radius 2 is 1.06 bits per heavy atom. The van der Waals surface area contributed by atoms with Gasteiger partial charge in [-0.15, -0.1) is 0 Å². The van der Waals surface area contributed by atoms with Crippen molar-refractivity contribution >= 4 is 54.3 Å². The van der Waals surface area contributed by atoms with E-state index in [2.05, 4.69) is 30.3 Å². The predicted molar refractivity (Wildman–Crippen MR) is 212 cm³/mol. The molecule has 10 rings (SSSR count). The summed E-state index contributed by atoms with van der Waals surface area (Å²) in [6, 6.07) is 26.6. The molecule has 0 radical (unpaired) electrons. The Kier molecular flexibility index (Phi) is 4.26. The van der Waals surface area contributed by atoms with E-state index in [1.807, 2.05) is 66.7 Å². The zero-order valence-electron chi connectivity index (χ0n) is 39.4. The van der Waals surface area contributed by atoms with Gasteiger partial charge in [0.1, 0.15) is 11.2 Å². The summed E-state index contributed by atoms with van der Waals surface area (Å²) in [7, 11) is 0. The average molecular weight is 650 g/mol. The summed E-state index contributed by atoms with van der Waals surface area (Å²) in [4.78, 5) is 0. The first-order valence-electron chi connectivity index (χ1n) is 22.7. The number of furan rings is 1. The lowest BCUT2D eigenvalue weighted by atomic mass is 9.86. The second kappa shape index (κ2) is 11.6. The van der Waals surface area contributed by atoms with Gasteiger partial charge in [-0.1, -0.05) is 151 Å². The van der Waals surface area contributed by atoms with Crippen LogP contribution >= 0.6 is 0 Å². The molecule has 234 valence electrons. The molecule has 0 unspecified atom stereocenters. The van der Waals surface area contributed by atoms with Crippen molar-refractivity contribution in [3.63, 3.8) is 0 Å². The summed E-state index contributed by atoms with van der Waals surface area (Å²) in [5, 5.41) is 3.42. The van der Waals surface area contributed by atoms with Gasteiger partial charge in [0, 0.05) is 10.8 Å². The molecule has 1 heteroatoms. The first kappa shape index (κ1) is 18.4. The summed E-state index contributed by atoms with van der Waals surface area (Å²) >= 11 is 0. The highest BCUT2D eigenvalue weighted by Crippen LogP contribution is 2.42. The Morgan fingerprint density at radius 3 is 1.80 bits per heavy atom. The minimum Gasteiger partial charge on any atom is -0.456 e. The largest absolute Gasteiger partial charge is 0.456 e. The number of benzene rings is 9. The highest BCUT2D eigenvalue weighted by atomic mass is 16.3. The van der Waals surface area contributed by atoms with Gasteiger partial charge in [-0.3, -0.25) is 0 Å². The van der Waals surface area contributed by atoms with Gasteiger partial charge in [0.2, 0.25) is 0 Å². The highest BCUT2D eigenvalue weighted by molar-refractivity contribution is 6.16. The maximum atomic E-state index is 9.25. The van der Waals surface area contributed by atoms with Crippen molar-refractivity contribution in [3.8, 4) is 33.4 Å². The Hall–Kier alpha value is -6.44. The quantitative estimate of drug-likeness (QED) is 0.169. The first-order chi connectivity index (χ1) is 30.2. The Labute approximate surface area is 308 Å². The smallest absolute Gasteiger partial charge is 0.136 e. The molecule has 1 nitrogen and oxygen atoms in total. The fourth-order valence-corrected chi connectivity index (χ4v) is 7.15. The normalized spacial score (nSPS) is 15.3. The van der Waals surface area contributed by atoms with E-state index in [1.165, 1.54) is 0 Å². The van der Waals surface area contributed by atoms with Crippen molar-refractivity contribution in [3.05, 3.63) is 193 Å². The van der Waals surface area contributed by atoms with Crippen LogP contribution in [0.3, 0.4) is 0 Å². The number of hydrogen-bond donors (Lipinski definition) is 0. The Bertz CT molecular complexity index is 3520. The van der Waals surface area contributed by atoms with E-state index in [1.54, 1.807) is 6.07 Å². The second-order valence-corrected chi connectivity index (χ2v) is 12.3. The van der Waals surface area contributed by atoms with Gasteiger partial charge in [-0.05, 0) is 114 Å². The summed E-state index contributed by atoms with van der Waals surface area (Å²) in [6.45, 7) is 0. The van der Waals surface area contributed by atoms with Gasteiger partial charge in [-0.2, -0.15) is 0 Å². The molecular weight excluding hydrogens is 605 g/mol. The van der Waals surface area contributed by atoms with Crippen molar-refractivity contribution in [1.29, 1.82) is 0 Å². The van der Waals surface area contributed by atoms with Gasteiger partial charge >= 0.3 is 0 Å². The van der Waals surface area contributed by atoms with Gasteiger partial charge in [0.15, 0.2) is 0 Å². The van der Waals surface area contributed by atoms with Crippen LogP contribution in [0.1, 0.15) is 28.9 Å². The molecule has 0 fully saturated rings. The average Bonchev–Trinajstić information content (AvgIpc) is 3.69. The van der Waals surface area contributed by atoms with Crippen LogP contribution in [-0.4, -0.2) is 0 Å². The predicted octanol–water partition coefficient (Wildman–Crippen LogP) is 13.6. The maximum Gasteiger partial charge on any atom is 0.136 e. The highest BCUT2D eigenvalue weighted by Gasteiger charge is 2.17. The molecule has 10 aromatic rings. The summed E-state index contributed by atoms with van der Waals surface area (Å²) in [5.74, 6) is 0. The fourth-order valence-electron chi connectivity index (χ4n) is 7.15. The molecule has 0 amide bonds. The van der Waals surface area contributed by atoms with Crippen LogP contribution in [0, 0.1) is 0 Å². The third-order valence-corrected chi connectivity index (χ3v) is 9.43. The van der Waals surface area contributed by atoms with E-state index in [-0.39, 0.29) is 38.2 Å². The van der Waals surface area contributed by atoms with E-state index >= 15 is 0 Å². The lowest BCUT2D eigenvalue weighted by molar-refractivity contribution is 0.669. The van der Waals surface area contributed by atoms with Crippen molar-refractivity contribution in [2.45, 2.75) is 6.42 Å². The fraction of sp³-hybridized carbons (Fsp3) is 0.0204. The van der Waals surface area contributed by atoms with Crippen LogP contribution in [0.4, 0.5) is 0 Å². The number of fused-ring (bicyclic) bond motifs is 6. The lowest BCUT2D eigenvalue weighted by Crippen LogP contribution is -1.95. The van der Waals surface area contributed by atoms with Crippen LogP contribution in [0.5, 0.6) is 0 Å². The topological polar surface area (TPSA) is 13.1 Å². The van der Waals surface area contributed by atoms with E-state index in [0.717, 1.165) is 55.0 Å². The standard InChI is InChI=1S/C49H32O/c1-3-12-32(13-4-1)28-45-40-16-7-9-18-42(40)48(43-19-10-8-17-41(43)45)38-25-24-34-29-35(22-23-36(34)30-38)37-26-27-44-47(31-37)50-46-21-11-20-39(49(44)46)33-14-5-2-6-15-33/h1-27,29-31H,28H2/i1D,3D,4D,7D,8D,9D,10D,12D,13D,16D,17D,18D,19D. The minimum absolute atomic E-state index is 0.00979. The maximum absolute atomic E-state index is 9.25. The van der Waals surface area contributed by atoms with E-state index in [9.17, 15) is 5.48 Å². The van der Waals surface area contributed by atoms with Crippen LogP contribution in [0.25, 0.3) is 87.6 Å². The first-order valence-corrected chi connectivity index (χ1v) is 16.2. The van der Waals surface area contributed by atoms with Crippen molar-refractivity contribution < 1.29 is 22.2 Å². The number of hydrogen-bond acceptors (Lipinski definition) is 1. The van der Waals surface area contributed by atoms with E-state index in [4.69, 9.17) is 16.8 Å². The van der Waals surface area contributed by atoms with Crippen molar-refractivity contribution in [2.24, 2.45) is 0 Å². The minimum atomic E-state index is -0.615. The monoisotopic (exact) mass is 649 g/mol. The van der Waals surface area contributed by atoms with Crippen LogP contribution in [0.2, 0.25) is 0 Å². The Balaban J connectivity index is 1.18. The Morgan fingerprint density at radius 1 is 0.440 bits per heavy atom. The van der Waals surface area contributed by atoms with Crippen LogP contribution < -0.4 is 0 Å².